The third kappa shape index (κ3) is 12.2. The molecule has 0 unspecified atom stereocenters. The van der Waals surface area contributed by atoms with Crippen LogP contribution in [0.4, 0.5) is 0 Å². The van der Waals surface area contributed by atoms with E-state index >= 15 is 0 Å². The van der Waals surface area contributed by atoms with Gasteiger partial charge in [-0.25, -0.2) is 9.78 Å². The number of carboxylic acid groups (broad SMARTS) is 1. The van der Waals surface area contributed by atoms with E-state index < -0.39 is 5.97 Å². The first-order chi connectivity index (χ1) is 4.77. The summed E-state index contributed by atoms with van der Waals surface area (Å²) >= 11 is 0. The molecule has 0 aliphatic rings. The second-order valence-electron chi connectivity index (χ2n) is 1.30. The maximum atomic E-state index is 9.25. The van der Waals surface area contributed by atoms with Crippen molar-refractivity contribution < 1.29 is 27.0 Å². The second kappa shape index (κ2) is 8.94. The number of nitrogens with one attached hydrogen (secondary N) is 1. The van der Waals surface area contributed by atoms with Gasteiger partial charge in [0.1, 0.15) is 0 Å². The van der Waals surface area contributed by atoms with Gasteiger partial charge >= 0.3 is 5.97 Å². The number of carbonyl (C=O) groups is 1. The predicted molar refractivity (Wildman–Crippen MR) is 36.4 cm³/mol. The van der Waals surface area contributed by atoms with Gasteiger partial charge in [0.05, 0.1) is 6.33 Å². The van der Waals surface area contributed by atoms with E-state index in [1.165, 1.54) is 0 Å². The number of imidazole rings is 1. The Kier molecular flexibility index (Phi) is 10.2. The quantitative estimate of drug-likeness (QED) is 0.521. The Morgan fingerprint density at radius 1 is 1.73 bits per heavy atom. The van der Waals surface area contributed by atoms with Crippen LogP contribution in [0.15, 0.2) is 31.4 Å². The number of aromatic amines is 1. The number of rotatable bonds is 1. The predicted octanol–water partition coefficient (Wildman–Crippen LogP) is 0.664. The Labute approximate surface area is 74.8 Å². The third-order valence-corrected chi connectivity index (χ3v) is 0.581. The van der Waals surface area contributed by atoms with E-state index in [0.29, 0.717) is 0 Å². The summed E-state index contributed by atoms with van der Waals surface area (Å²) in [5.41, 5.74) is 0. The molecule has 1 radical (unpaired) electrons. The van der Waals surface area contributed by atoms with Crippen molar-refractivity contribution in [1.82, 2.24) is 9.97 Å². The molecule has 0 aromatic carbocycles. The number of hydrogen-bond donors (Lipinski definition) is 2. The average molecular weight is 204 g/mol. The van der Waals surface area contributed by atoms with E-state index in [1.807, 2.05) is 0 Å². The Bertz CT molecular complexity index is 169. The van der Waals surface area contributed by atoms with Gasteiger partial charge in [0.25, 0.3) is 0 Å². The van der Waals surface area contributed by atoms with Crippen molar-refractivity contribution in [3.8, 4) is 0 Å². The molecule has 0 atom stereocenters. The van der Waals surface area contributed by atoms with E-state index in [-0.39, 0.29) is 17.1 Å². The van der Waals surface area contributed by atoms with Crippen molar-refractivity contribution in [3.63, 3.8) is 0 Å². The third-order valence-electron chi connectivity index (χ3n) is 0.581. The molecule has 0 fully saturated rings. The topological polar surface area (TPSA) is 66.0 Å². The maximum absolute atomic E-state index is 9.25. The maximum Gasteiger partial charge on any atom is 0.327 e. The molecule has 5 heteroatoms. The Hall–Kier alpha value is -1.06. The van der Waals surface area contributed by atoms with Crippen LogP contribution < -0.4 is 0 Å². The zero-order chi connectivity index (χ0) is 7.82. The van der Waals surface area contributed by atoms with Crippen LogP contribution in [0.2, 0.25) is 0 Å². The van der Waals surface area contributed by atoms with Gasteiger partial charge in [0.2, 0.25) is 0 Å². The summed E-state index contributed by atoms with van der Waals surface area (Å²) in [7, 11) is 0. The van der Waals surface area contributed by atoms with Crippen LogP contribution in [0.1, 0.15) is 0 Å². The van der Waals surface area contributed by atoms with Gasteiger partial charge in [0.15, 0.2) is 0 Å². The molecule has 0 aliphatic heterocycles. The van der Waals surface area contributed by atoms with E-state index in [9.17, 15) is 4.79 Å². The molecule has 1 aromatic heterocycles. The van der Waals surface area contributed by atoms with Gasteiger partial charge in [-0.15, -0.1) is 0 Å². The number of aromatic nitrogens is 2. The summed E-state index contributed by atoms with van der Waals surface area (Å²) in [6, 6.07) is 0. The van der Waals surface area contributed by atoms with Gasteiger partial charge in [-0.1, -0.05) is 6.58 Å². The fraction of sp³-hybridized carbons (Fsp3) is 0. The molecule has 4 nitrogen and oxygen atoms in total. The van der Waals surface area contributed by atoms with Crippen molar-refractivity contribution in [1.29, 1.82) is 0 Å². The summed E-state index contributed by atoms with van der Waals surface area (Å²) < 4.78 is 0. The Balaban J connectivity index is 0. The minimum atomic E-state index is -0.981. The molecule has 1 heterocycles. The fourth-order valence-corrected chi connectivity index (χ4v) is 0.215. The molecule has 65 valence electrons. The molecule has 11 heavy (non-hydrogen) atoms. The minimum absolute atomic E-state index is 0. The van der Waals surface area contributed by atoms with Gasteiger partial charge in [-0.05, 0) is 0 Å². The number of carboxylic acids is 1. The first kappa shape index (κ1) is 12.6. The first-order valence-electron chi connectivity index (χ1n) is 2.55. The smallest absolute Gasteiger partial charge is 0.327 e. The number of aliphatic carboxylic acids is 1. The Morgan fingerprint density at radius 3 is 2.36 bits per heavy atom. The van der Waals surface area contributed by atoms with Crippen molar-refractivity contribution in [3.05, 3.63) is 31.4 Å². The molecule has 0 saturated carbocycles. The van der Waals surface area contributed by atoms with E-state index in [0.717, 1.165) is 6.08 Å². The molecule has 0 aliphatic carbocycles. The molecular weight excluding hydrogens is 196 g/mol. The molecule has 0 spiro atoms. The van der Waals surface area contributed by atoms with Crippen LogP contribution in [-0.2, 0) is 21.9 Å². The molecular formula is C6H8CuN2O2. The number of nitrogens with zero attached hydrogens (tertiary/aromatic N) is 1. The van der Waals surface area contributed by atoms with E-state index in [4.69, 9.17) is 5.11 Å². The molecule has 0 bridgehead atoms. The van der Waals surface area contributed by atoms with Crippen LogP contribution in [0.5, 0.6) is 0 Å². The van der Waals surface area contributed by atoms with E-state index in [2.05, 4.69) is 16.5 Å². The zero-order valence-corrected chi connectivity index (χ0v) is 6.56. The Morgan fingerprint density at radius 2 is 2.27 bits per heavy atom. The molecule has 1 aromatic rings. The largest absolute Gasteiger partial charge is 0.478 e. The fourth-order valence-electron chi connectivity index (χ4n) is 0.215. The van der Waals surface area contributed by atoms with Crippen LogP contribution >= 0.6 is 0 Å². The van der Waals surface area contributed by atoms with E-state index in [1.54, 1.807) is 18.7 Å². The van der Waals surface area contributed by atoms with Crippen molar-refractivity contribution in [2.45, 2.75) is 0 Å². The van der Waals surface area contributed by atoms with Gasteiger partial charge < -0.3 is 10.1 Å². The van der Waals surface area contributed by atoms with Crippen molar-refractivity contribution in [2.75, 3.05) is 0 Å². The molecule has 0 saturated heterocycles. The molecule has 2 N–H and O–H groups in total. The zero-order valence-electron chi connectivity index (χ0n) is 5.62. The summed E-state index contributed by atoms with van der Waals surface area (Å²) in [4.78, 5) is 15.7. The first-order valence-corrected chi connectivity index (χ1v) is 2.55. The van der Waals surface area contributed by atoms with Crippen LogP contribution in [0.25, 0.3) is 0 Å². The summed E-state index contributed by atoms with van der Waals surface area (Å²) in [5.74, 6) is -0.981. The summed E-state index contributed by atoms with van der Waals surface area (Å²) in [5, 5.41) is 7.60. The summed E-state index contributed by atoms with van der Waals surface area (Å²) in [6.45, 7) is 2.96. The van der Waals surface area contributed by atoms with Crippen LogP contribution in [0.3, 0.4) is 0 Å². The van der Waals surface area contributed by atoms with Gasteiger partial charge in [-0.3, -0.25) is 0 Å². The standard InChI is InChI=1S/C3H4N2.C3H4O2.Cu/c1-2-5-3-4-1;1-2-3(4)5;/h1-3H,(H,4,5);2H,1H2,(H,4,5);. The normalized spacial score (nSPS) is 6.55. The molecule has 0 amide bonds. The van der Waals surface area contributed by atoms with Crippen molar-refractivity contribution in [2.24, 2.45) is 0 Å². The monoisotopic (exact) mass is 203 g/mol. The second-order valence-corrected chi connectivity index (χ2v) is 1.30. The van der Waals surface area contributed by atoms with Gasteiger partial charge in [0, 0.05) is 35.5 Å². The van der Waals surface area contributed by atoms with Crippen molar-refractivity contribution >= 4 is 5.97 Å². The molecule has 1 rings (SSSR count). The van der Waals surface area contributed by atoms with Gasteiger partial charge in [-0.2, -0.15) is 0 Å². The number of H-pyrrole nitrogens is 1. The minimum Gasteiger partial charge on any atom is -0.478 e. The summed E-state index contributed by atoms with van der Waals surface area (Å²) in [6.07, 6.45) is 5.92. The average Bonchev–Trinajstić information content (AvgIpc) is 2.43. The van der Waals surface area contributed by atoms with Crippen LogP contribution in [-0.4, -0.2) is 21.0 Å². The van der Waals surface area contributed by atoms with Crippen LogP contribution in [0, 0.1) is 0 Å². The SMILES string of the molecule is C=CC(=O)O.[Cu].c1c[nH]cn1. The number of hydrogen-bond acceptors (Lipinski definition) is 2.